The molecule has 0 bridgehead atoms. The van der Waals surface area contributed by atoms with Gasteiger partial charge in [0.15, 0.2) is 5.82 Å². The highest BCUT2D eigenvalue weighted by Crippen LogP contribution is 2.41. The molecule has 2 aromatic heterocycles. The standard InChI is InChI=1S/C25H28FN5OS/c1-15(2)24-23(16-4-6-18(26)7-5-16)20-12-17-14-28-30-22(17)13-21(20)25(29-24)31-33(3,32)19-8-10-27-11-9-19/h4-7,12-15,19,27H,8-11H2,1-3H3,(H,28,30). The lowest BCUT2D eigenvalue weighted by Gasteiger charge is -2.24. The fourth-order valence-electron chi connectivity index (χ4n) is 4.64. The predicted molar refractivity (Wildman–Crippen MR) is 133 cm³/mol. The number of piperidine rings is 1. The van der Waals surface area contributed by atoms with Crippen LogP contribution >= 0.6 is 0 Å². The molecule has 33 heavy (non-hydrogen) atoms. The molecule has 4 aromatic rings. The highest BCUT2D eigenvalue weighted by atomic mass is 32.2. The van der Waals surface area contributed by atoms with Crippen LogP contribution in [0.4, 0.5) is 10.2 Å². The van der Waals surface area contributed by atoms with Crippen LogP contribution in [0.5, 0.6) is 0 Å². The van der Waals surface area contributed by atoms with E-state index in [0.717, 1.165) is 64.4 Å². The molecule has 2 N–H and O–H groups in total. The molecule has 0 amide bonds. The molecule has 8 heteroatoms. The van der Waals surface area contributed by atoms with Crippen molar-refractivity contribution in [2.24, 2.45) is 4.36 Å². The molecule has 0 radical (unpaired) electrons. The van der Waals surface area contributed by atoms with Gasteiger partial charge >= 0.3 is 0 Å². The van der Waals surface area contributed by atoms with Gasteiger partial charge in [0.2, 0.25) is 0 Å². The van der Waals surface area contributed by atoms with Gasteiger partial charge in [-0.25, -0.2) is 13.6 Å². The first kappa shape index (κ1) is 22.0. The summed E-state index contributed by atoms with van der Waals surface area (Å²) in [4.78, 5) is 4.98. The lowest BCUT2D eigenvalue weighted by atomic mass is 9.92. The average Bonchev–Trinajstić information content (AvgIpc) is 3.26. The maximum absolute atomic E-state index is 13.7. The van der Waals surface area contributed by atoms with Gasteiger partial charge in [-0.3, -0.25) is 5.10 Å². The van der Waals surface area contributed by atoms with Crippen molar-refractivity contribution in [3.8, 4) is 11.1 Å². The quantitative estimate of drug-likeness (QED) is 0.416. The number of fused-ring (bicyclic) bond motifs is 2. The zero-order chi connectivity index (χ0) is 23.2. The van der Waals surface area contributed by atoms with E-state index in [-0.39, 0.29) is 17.0 Å². The van der Waals surface area contributed by atoms with E-state index in [1.807, 2.05) is 6.07 Å². The number of rotatable bonds is 4. The Kier molecular flexibility index (Phi) is 5.66. The molecule has 0 aliphatic carbocycles. The summed E-state index contributed by atoms with van der Waals surface area (Å²) in [6.45, 7) is 5.87. The van der Waals surface area contributed by atoms with Crippen molar-refractivity contribution in [1.29, 1.82) is 0 Å². The van der Waals surface area contributed by atoms with Crippen molar-refractivity contribution in [3.05, 3.63) is 54.1 Å². The fourth-order valence-corrected chi connectivity index (χ4v) is 6.38. The molecule has 172 valence electrons. The normalized spacial score (nSPS) is 17.0. The smallest absolute Gasteiger partial charge is 0.169 e. The first-order valence-corrected chi connectivity index (χ1v) is 13.3. The van der Waals surface area contributed by atoms with Crippen LogP contribution in [0.25, 0.3) is 32.8 Å². The molecule has 1 atom stereocenters. The van der Waals surface area contributed by atoms with Crippen molar-refractivity contribution >= 4 is 37.2 Å². The van der Waals surface area contributed by atoms with Gasteiger partial charge in [-0.15, -0.1) is 0 Å². The maximum atomic E-state index is 13.7. The topological polar surface area (TPSA) is 83.0 Å². The van der Waals surface area contributed by atoms with Crippen molar-refractivity contribution in [2.45, 2.75) is 37.9 Å². The van der Waals surface area contributed by atoms with Gasteiger partial charge in [-0.2, -0.15) is 9.46 Å². The van der Waals surface area contributed by atoms with Crippen LogP contribution in [0, 0.1) is 5.82 Å². The number of pyridine rings is 1. The van der Waals surface area contributed by atoms with Crippen LogP contribution in [0.2, 0.25) is 0 Å². The van der Waals surface area contributed by atoms with Crippen molar-refractivity contribution < 1.29 is 8.60 Å². The van der Waals surface area contributed by atoms with Gasteiger partial charge in [0.25, 0.3) is 0 Å². The second-order valence-corrected chi connectivity index (χ2v) is 11.7. The van der Waals surface area contributed by atoms with Crippen LogP contribution in [0.3, 0.4) is 0 Å². The van der Waals surface area contributed by atoms with Crippen LogP contribution in [0.15, 0.2) is 47.0 Å². The minimum atomic E-state index is -2.50. The zero-order valence-corrected chi connectivity index (χ0v) is 19.9. The molecule has 5 rings (SSSR count). The van der Waals surface area contributed by atoms with E-state index in [2.05, 4.69) is 35.4 Å². The highest BCUT2D eigenvalue weighted by Gasteiger charge is 2.24. The van der Waals surface area contributed by atoms with Gasteiger partial charge in [0.1, 0.15) is 5.82 Å². The van der Waals surface area contributed by atoms with Gasteiger partial charge < -0.3 is 5.32 Å². The minimum Gasteiger partial charge on any atom is -0.317 e. The second-order valence-electron chi connectivity index (χ2n) is 9.11. The second kappa shape index (κ2) is 8.50. The molecule has 1 fully saturated rings. The number of benzene rings is 2. The Labute approximate surface area is 193 Å². The van der Waals surface area contributed by atoms with E-state index in [9.17, 15) is 8.60 Å². The van der Waals surface area contributed by atoms with Gasteiger partial charge in [0.05, 0.1) is 27.1 Å². The largest absolute Gasteiger partial charge is 0.317 e. The van der Waals surface area contributed by atoms with Crippen LogP contribution < -0.4 is 5.32 Å². The molecule has 0 saturated carbocycles. The third-order valence-corrected chi connectivity index (χ3v) is 8.67. The third kappa shape index (κ3) is 4.13. The van der Waals surface area contributed by atoms with Crippen molar-refractivity contribution in [3.63, 3.8) is 0 Å². The molecule has 1 saturated heterocycles. The number of halogens is 1. The summed E-state index contributed by atoms with van der Waals surface area (Å²) in [5.74, 6) is 0.316. The molecule has 1 unspecified atom stereocenters. The molecular formula is C25H28FN5OS. The first-order chi connectivity index (χ1) is 15.8. The Morgan fingerprint density at radius 3 is 2.55 bits per heavy atom. The summed E-state index contributed by atoms with van der Waals surface area (Å²) < 4.78 is 32.3. The van der Waals surface area contributed by atoms with Crippen molar-refractivity contribution in [1.82, 2.24) is 20.5 Å². The Bertz CT molecular complexity index is 1450. The SMILES string of the molecule is CC(C)c1nc(N=S(C)(=O)C2CCNCC2)c2cc3[nH]ncc3cc2c1-c1ccc(F)cc1. The Morgan fingerprint density at radius 1 is 1.12 bits per heavy atom. The third-order valence-electron chi connectivity index (χ3n) is 6.42. The Balaban J connectivity index is 1.84. The number of aromatic amines is 1. The average molecular weight is 466 g/mol. The fraction of sp³-hybridized carbons (Fsp3) is 0.360. The zero-order valence-electron chi connectivity index (χ0n) is 19.1. The summed E-state index contributed by atoms with van der Waals surface area (Å²) in [6.07, 6.45) is 5.22. The molecule has 1 aliphatic rings. The van der Waals surface area contributed by atoms with E-state index in [0.29, 0.717) is 5.82 Å². The lowest BCUT2D eigenvalue weighted by Crippen LogP contribution is -2.35. The summed E-state index contributed by atoms with van der Waals surface area (Å²) in [7, 11) is -2.50. The molecule has 3 heterocycles. The monoisotopic (exact) mass is 465 g/mol. The Morgan fingerprint density at radius 2 is 1.85 bits per heavy atom. The summed E-state index contributed by atoms with van der Waals surface area (Å²) in [5.41, 5.74) is 3.57. The van der Waals surface area contributed by atoms with Crippen LogP contribution in [0.1, 0.15) is 38.3 Å². The van der Waals surface area contributed by atoms with Gasteiger partial charge in [-0.1, -0.05) is 26.0 Å². The molecule has 0 spiro atoms. The van der Waals surface area contributed by atoms with Crippen LogP contribution in [-0.2, 0) is 9.73 Å². The molecule has 6 nitrogen and oxygen atoms in total. The summed E-state index contributed by atoms with van der Waals surface area (Å²) in [6, 6.07) is 10.6. The predicted octanol–water partition coefficient (Wildman–Crippen LogP) is 5.52. The molecular weight excluding hydrogens is 437 g/mol. The number of H-pyrrole nitrogens is 1. The van der Waals surface area contributed by atoms with E-state index < -0.39 is 9.73 Å². The van der Waals surface area contributed by atoms with Crippen molar-refractivity contribution in [2.75, 3.05) is 19.3 Å². The molecule has 1 aliphatic heterocycles. The number of hydrogen-bond donors (Lipinski definition) is 2. The van der Waals surface area contributed by atoms with Gasteiger partial charge in [0, 0.05) is 27.8 Å². The van der Waals surface area contributed by atoms with E-state index in [1.165, 1.54) is 12.1 Å². The lowest BCUT2D eigenvalue weighted by molar-refractivity contribution is 0.518. The van der Waals surface area contributed by atoms with E-state index in [1.54, 1.807) is 24.6 Å². The number of nitrogens with one attached hydrogen (secondary N) is 2. The van der Waals surface area contributed by atoms with Gasteiger partial charge in [-0.05, 0) is 67.1 Å². The minimum absolute atomic E-state index is 0.0331. The van der Waals surface area contributed by atoms with Crippen LogP contribution in [-0.4, -0.2) is 44.0 Å². The number of nitrogens with zero attached hydrogens (tertiary/aromatic N) is 3. The summed E-state index contributed by atoms with van der Waals surface area (Å²) >= 11 is 0. The van der Waals surface area contributed by atoms with E-state index in [4.69, 9.17) is 9.35 Å². The summed E-state index contributed by atoms with van der Waals surface area (Å²) in [5, 5.41) is 13.3. The van der Waals surface area contributed by atoms with E-state index >= 15 is 0 Å². The highest BCUT2D eigenvalue weighted by molar-refractivity contribution is 7.93. The Hall–Kier alpha value is -2.84. The molecule has 2 aromatic carbocycles. The first-order valence-electron chi connectivity index (χ1n) is 11.3. The number of aromatic nitrogens is 3. The maximum Gasteiger partial charge on any atom is 0.169 e. The number of hydrogen-bond acceptors (Lipinski definition) is 5.